The molecule has 0 aliphatic carbocycles. The van der Waals surface area contributed by atoms with Crippen LogP contribution in [0.25, 0.3) is 0 Å². The first-order valence-electron chi connectivity index (χ1n) is 7.23. The fraction of sp³-hybridized carbons (Fsp3) is 0.562. The van der Waals surface area contributed by atoms with Crippen LogP contribution in [0.2, 0.25) is 0 Å². The zero-order valence-electron chi connectivity index (χ0n) is 12.1. The third-order valence-electron chi connectivity index (χ3n) is 3.49. The van der Waals surface area contributed by atoms with Crippen molar-refractivity contribution in [2.75, 3.05) is 13.2 Å². The molecule has 20 heavy (non-hydrogen) atoms. The summed E-state index contributed by atoms with van der Waals surface area (Å²) in [6.45, 7) is 4.93. The van der Waals surface area contributed by atoms with E-state index in [2.05, 4.69) is 5.32 Å². The lowest BCUT2D eigenvalue weighted by Crippen LogP contribution is -2.38. The highest BCUT2D eigenvalue weighted by Crippen LogP contribution is 2.26. The lowest BCUT2D eigenvalue weighted by Gasteiger charge is -2.25. The topological polar surface area (TPSA) is 58.6 Å². The van der Waals surface area contributed by atoms with E-state index in [0.29, 0.717) is 18.9 Å². The first kappa shape index (κ1) is 15.0. The van der Waals surface area contributed by atoms with Crippen LogP contribution in [-0.2, 0) is 16.0 Å². The summed E-state index contributed by atoms with van der Waals surface area (Å²) in [5.74, 6) is 0.244. The van der Waals surface area contributed by atoms with Crippen molar-refractivity contribution in [2.45, 2.75) is 38.9 Å². The Morgan fingerprint density at radius 1 is 1.45 bits per heavy atom. The molecular weight excluding hydrogens is 254 g/mol. The third kappa shape index (κ3) is 3.81. The maximum atomic E-state index is 12.2. The van der Waals surface area contributed by atoms with Crippen molar-refractivity contribution in [3.05, 3.63) is 35.4 Å². The van der Waals surface area contributed by atoms with Crippen LogP contribution in [0.3, 0.4) is 0 Å². The van der Waals surface area contributed by atoms with Gasteiger partial charge in [-0.3, -0.25) is 4.79 Å². The number of ether oxygens (including phenoxy) is 1. The first-order chi connectivity index (χ1) is 9.58. The van der Waals surface area contributed by atoms with E-state index in [1.54, 1.807) is 0 Å². The predicted octanol–water partition coefficient (Wildman–Crippen LogP) is 1.82. The van der Waals surface area contributed by atoms with Gasteiger partial charge in [-0.2, -0.15) is 0 Å². The number of aliphatic hydroxyl groups excluding tert-OH is 1. The molecule has 1 heterocycles. The van der Waals surface area contributed by atoms with E-state index >= 15 is 0 Å². The molecule has 1 aromatic carbocycles. The van der Waals surface area contributed by atoms with Gasteiger partial charge in [0, 0.05) is 6.54 Å². The number of hydrogen-bond donors (Lipinski definition) is 2. The summed E-state index contributed by atoms with van der Waals surface area (Å²) in [7, 11) is 0. The third-order valence-corrected chi connectivity index (χ3v) is 3.49. The number of benzene rings is 1. The molecule has 4 heteroatoms. The van der Waals surface area contributed by atoms with E-state index in [0.717, 1.165) is 12.0 Å². The van der Waals surface area contributed by atoms with Gasteiger partial charge in [0.1, 0.15) is 0 Å². The summed E-state index contributed by atoms with van der Waals surface area (Å²) >= 11 is 0. The molecule has 2 N–H and O–H groups in total. The van der Waals surface area contributed by atoms with Gasteiger partial charge >= 0.3 is 0 Å². The Morgan fingerprint density at radius 2 is 2.20 bits per heavy atom. The van der Waals surface area contributed by atoms with Crippen LogP contribution < -0.4 is 5.32 Å². The number of amides is 1. The van der Waals surface area contributed by atoms with Gasteiger partial charge < -0.3 is 15.2 Å². The summed E-state index contributed by atoms with van der Waals surface area (Å²) in [6, 6.07) is 7.86. The normalized spacial score (nSPS) is 19.5. The first-order valence-corrected chi connectivity index (χ1v) is 7.23. The van der Waals surface area contributed by atoms with E-state index in [1.807, 2.05) is 38.1 Å². The van der Waals surface area contributed by atoms with Crippen molar-refractivity contribution < 1.29 is 14.6 Å². The molecule has 1 amide bonds. The number of carbonyl (C=O) groups is 1. The van der Waals surface area contributed by atoms with E-state index in [4.69, 9.17) is 4.74 Å². The highest BCUT2D eigenvalue weighted by molar-refractivity contribution is 5.82. The Bertz CT molecular complexity index is 459. The molecule has 4 nitrogen and oxygen atoms in total. The van der Waals surface area contributed by atoms with Crippen LogP contribution in [0, 0.1) is 5.92 Å². The molecule has 0 saturated carbocycles. The van der Waals surface area contributed by atoms with Crippen LogP contribution in [0.4, 0.5) is 0 Å². The second-order valence-corrected chi connectivity index (χ2v) is 5.73. The minimum atomic E-state index is -0.550. The van der Waals surface area contributed by atoms with Crippen molar-refractivity contribution in [1.82, 2.24) is 5.32 Å². The molecule has 0 spiro atoms. The predicted molar refractivity (Wildman–Crippen MR) is 77.3 cm³/mol. The van der Waals surface area contributed by atoms with E-state index < -0.39 is 12.2 Å². The smallest absolute Gasteiger partial charge is 0.253 e. The van der Waals surface area contributed by atoms with Gasteiger partial charge in [-0.1, -0.05) is 38.1 Å². The van der Waals surface area contributed by atoms with Crippen molar-refractivity contribution in [3.63, 3.8) is 0 Å². The average Bonchev–Trinajstić information content (AvgIpc) is 2.43. The second kappa shape index (κ2) is 6.86. The van der Waals surface area contributed by atoms with Crippen molar-refractivity contribution in [2.24, 2.45) is 5.92 Å². The molecular formula is C16H23NO3. The Hall–Kier alpha value is -1.39. The second-order valence-electron chi connectivity index (χ2n) is 5.73. The average molecular weight is 277 g/mol. The molecule has 110 valence electrons. The highest BCUT2D eigenvalue weighted by Gasteiger charge is 2.27. The minimum Gasteiger partial charge on any atom is -0.391 e. The summed E-state index contributed by atoms with van der Waals surface area (Å²) < 4.78 is 5.59. The van der Waals surface area contributed by atoms with E-state index in [1.165, 1.54) is 5.56 Å². The molecule has 2 atom stereocenters. The van der Waals surface area contributed by atoms with Crippen LogP contribution >= 0.6 is 0 Å². The van der Waals surface area contributed by atoms with E-state index in [-0.39, 0.29) is 12.5 Å². The zero-order valence-corrected chi connectivity index (χ0v) is 12.1. The van der Waals surface area contributed by atoms with Gasteiger partial charge in [-0.25, -0.2) is 0 Å². The fourth-order valence-corrected chi connectivity index (χ4v) is 2.55. The van der Waals surface area contributed by atoms with Gasteiger partial charge in [0.05, 0.1) is 12.7 Å². The molecule has 0 fully saturated rings. The van der Waals surface area contributed by atoms with Crippen LogP contribution in [-0.4, -0.2) is 30.3 Å². The molecule has 0 saturated heterocycles. The number of rotatable bonds is 5. The summed E-state index contributed by atoms with van der Waals surface area (Å²) in [5.41, 5.74) is 2.11. The molecule has 0 radical (unpaired) electrons. The van der Waals surface area contributed by atoms with Gasteiger partial charge in [-0.15, -0.1) is 0 Å². The molecule has 0 aromatic heterocycles. The molecule has 2 rings (SSSR count). The van der Waals surface area contributed by atoms with Crippen molar-refractivity contribution >= 4 is 5.91 Å². The fourth-order valence-electron chi connectivity index (χ4n) is 2.55. The molecule has 1 aliphatic rings. The molecule has 0 bridgehead atoms. The lowest BCUT2D eigenvalue weighted by atomic mass is 9.97. The van der Waals surface area contributed by atoms with Gasteiger partial charge in [0.15, 0.2) is 6.10 Å². The largest absolute Gasteiger partial charge is 0.391 e. The minimum absolute atomic E-state index is 0.167. The molecule has 1 aliphatic heterocycles. The number of carbonyl (C=O) groups excluding carboxylic acids is 1. The van der Waals surface area contributed by atoms with Crippen LogP contribution in [0.5, 0.6) is 0 Å². The Morgan fingerprint density at radius 3 is 2.95 bits per heavy atom. The lowest BCUT2D eigenvalue weighted by molar-refractivity contribution is -0.134. The monoisotopic (exact) mass is 277 g/mol. The van der Waals surface area contributed by atoms with Crippen molar-refractivity contribution in [1.29, 1.82) is 0 Å². The quantitative estimate of drug-likeness (QED) is 0.863. The number of hydrogen-bond acceptors (Lipinski definition) is 3. The van der Waals surface area contributed by atoms with Crippen LogP contribution in [0.15, 0.2) is 24.3 Å². The van der Waals surface area contributed by atoms with Crippen molar-refractivity contribution in [3.8, 4) is 0 Å². The Labute approximate surface area is 120 Å². The number of fused-ring (bicyclic) bond motifs is 1. The molecule has 1 aromatic rings. The molecule has 2 unspecified atom stereocenters. The maximum Gasteiger partial charge on any atom is 0.253 e. The van der Waals surface area contributed by atoms with E-state index in [9.17, 15) is 9.90 Å². The number of nitrogens with one attached hydrogen (secondary N) is 1. The van der Waals surface area contributed by atoms with Gasteiger partial charge in [-0.05, 0) is 29.9 Å². The van der Waals surface area contributed by atoms with Crippen LogP contribution in [0.1, 0.15) is 37.5 Å². The summed E-state index contributed by atoms with van der Waals surface area (Å²) in [4.78, 5) is 12.2. The number of aliphatic hydroxyl groups is 1. The zero-order chi connectivity index (χ0) is 14.5. The highest BCUT2D eigenvalue weighted by atomic mass is 16.5. The van der Waals surface area contributed by atoms with Gasteiger partial charge in [0.25, 0.3) is 5.91 Å². The van der Waals surface area contributed by atoms with Gasteiger partial charge in [0.2, 0.25) is 0 Å². The SMILES string of the molecule is CC(C)CC(O)CNC(=O)C1OCCc2ccccc21. The summed E-state index contributed by atoms with van der Waals surface area (Å²) in [6.07, 6.45) is 0.474. The Balaban J connectivity index is 1.94. The Kier molecular flexibility index (Phi) is 5.15. The maximum absolute atomic E-state index is 12.2. The standard InChI is InChI=1S/C16H23NO3/c1-11(2)9-13(18)10-17-16(19)15-14-6-4-3-5-12(14)7-8-20-15/h3-6,11,13,15,18H,7-10H2,1-2H3,(H,17,19). The summed E-state index contributed by atoms with van der Waals surface area (Å²) in [5, 5.41) is 12.6.